The molecule has 3 rings (SSSR count). The van der Waals surface area contributed by atoms with Gasteiger partial charge in [-0.15, -0.1) is 0 Å². The predicted octanol–water partition coefficient (Wildman–Crippen LogP) is 2.07. The zero-order chi connectivity index (χ0) is 20.3. The van der Waals surface area contributed by atoms with Gasteiger partial charge < -0.3 is 15.4 Å². The molecule has 0 saturated heterocycles. The highest BCUT2D eigenvalue weighted by Crippen LogP contribution is 2.20. The third-order valence-electron chi connectivity index (χ3n) is 5.69. The molecule has 0 aromatic carbocycles. The molecule has 8 nitrogen and oxygen atoms in total. The molecule has 1 aromatic heterocycles. The third kappa shape index (κ3) is 6.87. The summed E-state index contributed by atoms with van der Waals surface area (Å²) in [6.07, 6.45) is 11.8. The fourth-order valence-corrected chi connectivity index (χ4v) is 4.11. The number of aryl methyl sites for hydroxylation is 2. The van der Waals surface area contributed by atoms with Crippen LogP contribution in [-0.4, -0.2) is 52.7 Å². The Morgan fingerprint density at radius 2 is 2.03 bits per heavy atom. The molecule has 1 aliphatic carbocycles. The minimum atomic E-state index is 0.0340. The van der Waals surface area contributed by atoms with Crippen LogP contribution >= 0.6 is 0 Å². The summed E-state index contributed by atoms with van der Waals surface area (Å²) in [7, 11) is 0. The van der Waals surface area contributed by atoms with Crippen molar-refractivity contribution in [1.82, 2.24) is 25.0 Å². The summed E-state index contributed by atoms with van der Waals surface area (Å²) >= 11 is 0. The molecule has 0 unspecified atom stereocenters. The van der Waals surface area contributed by atoms with Gasteiger partial charge in [-0.25, -0.2) is 9.48 Å². The molecule has 0 radical (unpaired) electrons. The standard InChI is InChI=1S/C21H38N6O2/c1-2-22-20(24-14-9-17-29-18-10-4-3-5-11-18)23-13-8-16-27-21(28)26-15-7-6-12-19(26)25-27/h18H,2-17H2,1H3,(H2,22,23,24). The van der Waals surface area contributed by atoms with Gasteiger partial charge in [0.2, 0.25) is 0 Å². The van der Waals surface area contributed by atoms with Crippen LogP contribution in [0.25, 0.3) is 0 Å². The van der Waals surface area contributed by atoms with Crippen molar-refractivity contribution in [1.29, 1.82) is 0 Å². The predicted molar refractivity (Wildman–Crippen MR) is 115 cm³/mol. The number of fused-ring (bicyclic) bond motifs is 1. The molecular weight excluding hydrogens is 368 g/mol. The zero-order valence-electron chi connectivity index (χ0n) is 18.0. The number of ether oxygens (including phenoxy) is 1. The first kappa shape index (κ1) is 21.9. The van der Waals surface area contributed by atoms with E-state index in [2.05, 4.69) is 27.6 Å². The maximum Gasteiger partial charge on any atom is 0.345 e. The lowest BCUT2D eigenvalue weighted by molar-refractivity contribution is 0.0277. The smallest absolute Gasteiger partial charge is 0.345 e. The van der Waals surface area contributed by atoms with Crippen molar-refractivity contribution in [2.45, 2.75) is 90.3 Å². The van der Waals surface area contributed by atoms with Crippen molar-refractivity contribution in [3.05, 3.63) is 16.3 Å². The summed E-state index contributed by atoms with van der Waals surface area (Å²) in [6, 6.07) is 0. The average Bonchev–Trinajstić information content (AvgIpc) is 3.07. The lowest BCUT2D eigenvalue weighted by atomic mass is 9.98. The Bertz CT molecular complexity index is 690. The molecule has 1 saturated carbocycles. The molecule has 0 atom stereocenters. The number of nitrogens with zero attached hydrogens (tertiary/aromatic N) is 4. The van der Waals surface area contributed by atoms with Crippen LogP contribution in [0.1, 0.15) is 70.5 Å². The van der Waals surface area contributed by atoms with E-state index in [4.69, 9.17) is 4.74 Å². The number of aromatic nitrogens is 3. The number of nitrogens with one attached hydrogen (secondary N) is 2. The first-order valence-corrected chi connectivity index (χ1v) is 11.6. The summed E-state index contributed by atoms with van der Waals surface area (Å²) in [6.45, 7) is 6.66. The topological polar surface area (TPSA) is 85.5 Å². The van der Waals surface area contributed by atoms with Gasteiger partial charge in [-0.2, -0.15) is 5.10 Å². The lowest BCUT2D eigenvalue weighted by Crippen LogP contribution is -2.38. The van der Waals surface area contributed by atoms with Crippen LogP contribution in [0.4, 0.5) is 0 Å². The summed E-state index contributed by atoms with van der Waals surface area (Å²) in [4.78, 5) is 17.0. The van der Waals surface area contributed by atoms with E-state index < -0.39 is 0 Å². The summed E-state index contributed by atoms with van der Waals surface area (Å²) < 4.78 is 9.41. The molecule has 8 heteroatoms. The van der Waals surface area contributed by atoms with Crippen LogP contribution in [0, 0.1) is 0 Å². The molecule has 29 heavy (non-hydrogen) atoms. The summed E-state index contributed by atoms with van der Waals surface area (Å²) in [5.74, 6) is 1.77. The van der Waals surface area contributed by atoms with Gasteiger partial charge in [0.1, 0.15) is 5.82 Å². The van der Waals surface area contributed by atoms with Gasteiger partial charge in [-0.05, 0) is 45.4 Å². The number of hydrogen-bond acceptors (Lipinski definition) is 4. The molecule has 2 heterocycles. The van der Waals surface area contributed by atoms with E-state index in [1.54, 1.807) is 4.68 Å². The number of hydrogen-bond donors (Lipinski definition) is 2. The van der Waals surface area contributed by atoms with Crippen LogP contribution in [-0.2, 0) is 24.2 Å². The fourth-order valence-electron chi connectivity index (χ4n) is 4.11. The quantitative estimate of drug-likeness (QED) is 0.353. The Morgan fingerprint density at radius 1 is 1.17 bits per heavy atom. The molecule has 1 aliphatic heterocycles. The molecule has 0 bridgehead atoms. The van der Waals surface area contributed by atoms with Crippen LogP contribution in [0.2, 0.25) is 0 Å². The molecule has 1 fully saturated rings. The SMILES string of the molecule is CCNC(=NCCCn1nc2n(c1=O)CCCC2)NCCCOC1CCCCC1. The highest BCUT2D eigenvalue weighted by atomic mass is 16.5. The third-order valence-corrected chi connectivity index (χ3v) is 5.69. The maximum absolute atomic E-state index is 12.4. The van der Waals surface area contributed by atoms with Crippen LogP contribution in [0.5, 0.6) is 0 Å². The van der Waals surface area contributed by atoms with Crippen molar-refractivity contribution in [3.63, 3.8) is 0 Å². The first-order chi connectivity index (χ1) is 14.3. The van der Waals surface area contributed by atoms with Gasteiger partial charge in [0.05, 0.1) is 6.10 Å². The van der Waals surface area contributed by atoms with E-state index in [0.29, 0.717) is 19.2 Å². The van der Waals surface area contributed by atoms with E-state index in [9.17, 15) is 4.79 Å². The second-order valence-electron chi connectivity index (χ2n) is 8.06. The van der Waals surface area contributed by atoms with Crippen molar-refractivity contribution < 1.29 is 4.74 Å². The summed E-state index contributed by atoms with van der Waals surface area (Å²) in [5.41, 5.74) is 0.0340. The molecular formula is C21H38N6O2. The van der Waals surface area contributed by atoms with Gasteiger partial charge in [0.25, 0.3) is 0 Å². The van der Waals surface area contributed by atoms with Gasteiger partial charge in [-0.3, -0.25) is 9.56 Å². The Hall–Kier alpha value is -1.83. The van der Waals surface area contributed by atoms with E-state index in [1.165, 1.54) is 32.1 Å². The minimum absolute atomic E-state index is 0.0340. The lowest BCUT2D eigenvalue weighted by Gasteiger charge is -2.22. The van der Waals surface area contributed by atoms with Crippen LogP contribution in [0.15, 0.2) is 9.79 Å². The Morgan fingerprint density at radius 3 is 2.83 bits per heavy atom. The summed E-state index contributed by atoms with van der Waals surface area (Å²) in [5, 5.41) is 11.1. The average molecular weight is 407 g/mol. The van der Waals surface area contributed by atoms with E-state index in [0.717, 1.165) is 70.1 Å². The molecule has 1 aromatic rings. The highest BCUT2D eigenvalue weighted by Gasteiger charge is 2.16. The largest absolute Gasteiger partial charge is 0.378 e. The van der Waals surface area contributed by atoms with Crippen molar-refractivity contribution in [2.75, 3.05) is 26.2 Å². The van der Waals surface area contributed by atoms with E-state index in [1.807, 2.05) is 4.57 Å². The van der Waals surface area contributed by atoms with E-state index in [-0.39, 0.29) is 5.69 Å². The molecule has 164 valence electrons. The minimum Gasteiger partial charge on any atom is -0.378 e. The highest BCUT2D eigenvalue weighted by molar-refractivity contribution is 5.79. The van der Waals surface area contributed by atoms with Gasteiger partial charge in [0, 0.05) is 45.8 Å². The Balaban J connectivity index is 1.34. The van der Waals surface area contributed by atoms with Crippen molar-refractivity contribution in [3.8, 4) is 0 Å². The van der Waals surface area contributed by atoms with Crippen molar-refractivity contribution in [2.24, 2.45) is 4.99 Å². The monoisotopic (exact) mass is 406 g/mol. The zero-order valence-corrected chi connectivity index (χ0v) is 18.0. The Kier molecular flexibility index (Phi) is 9.05. The molecule has 2 aliphatic rings. The van der Waals surface area contributed by atoms with Crippen LogP contribution < -0.4 is 16.3 Å². The normalized spacial score (nSPS) is 17.9. The molecule has 0 spiro atoms. The molecule has 2 N–H and O–H groups in total. The van der Waals surface area contributed by atoms with Gasteiger partial charge in [-0.1, -0.05) is 19.3 Å². The van der Waals surface area contributed by atoms with E-state index >= 15 is 0 Å². The number of guanidine groups is 1. The maximum atomic E-state index is 12.4. The van der Waals surface area contributed by atoms with Gasteiger partial charge >= 0.3 is 5.69 Å². The fraction of sp³-hybridized carbons (Fsp3) is 0.857. The van der Waals surface area contributed by atoms with Crippen molar-refractivity contribution >= 4 is 5.96 Å². The Labute approximate surface area is 174 Å². The number of aliphatic imine (C=N–C) groups is 1. The molecule has 0 amide bonds. The number of rotatable bonds is 10. The second kappa shape index (κ2) is 12.0. The first-order valence-electron chi connectivity index (χ1n) is 11.6. The van der Waals surface area contributed by atoms with Gasteiger partial charge in [0.15, 0.2) is 5.96 Å². The van der Waals surface area contributed by atoms with Crippen LogP contribution in [0.3, 0.4) is 0 Å². The second-order valence-corrected chi connectivity index (χ2v) is 8.06.